The summed E-state index contributed by atoms with van der Waals surface area (Å²) in [5.41, 5.74) is 0.203. The number of ether oxygens (including phenoxy) is 2. The zero-order valence-electron chi connectivity index (χ0n) is 14.0. The predicted octanol–water partition coefficient (Wildman–Crippen LogP) is 3.47. The molecule has 3 unspecified atom stereocenters. The lowest BCUT2D eigenvalue weighted by Gasteiger charge is -2.45. The quantitative estimate of drug-likeness (QED) is 0.779. The highest BCUT2D eigenvalue weighted by atomic mass is 32.2. The average molecular weight is 316 g/mol. The van der Waals surface area contributed by atoms with Crippen LogP contribution in [-0.4, -0.2) is 49.5 Å². The van der Waals surface area contributed by atoms with Gasteiger partial charge in [0.1, 0.15) is 0 Å². The van der Waals surface area contributed by atoms with Crippen molar-refractivity contribution < 1.29 is 9.47 Å². The standard InChI is InChI=1S/C17H33NO2S/c1-4-18-16(6-5-14(2)19-3)15-7-10-20-17(13-15)8-11-21-12-9-17/h14-16,18H,4-13H2,1-3H3. The number of rotatable bonds is 7. The van der Waals surface area contributed by atoms with E-state index in [2.05, 4.69) is 30.9 Å². The summed E-state index contributed by atoms with van der Waals surface area (Å²) in [5, 5.41) is 3.74. The maximum atomic E-state index is 6.25. The highest BCUT2D eigenvalue weighted by molar-refractivity contribution is 7.99. The largest absolute Gasteiger partial charge is 0.382 e. The van der Waals surface area contributed by atoms with Gasteiger partial charge in [-0.1, -0.05) is 6.92 Å². The van der Waals surface area contributed by atoms with Gasteiger partial charge in [-0.05, 0) is 69.4 Å². The van der Waals surface area contributed by atoms with Crippen molar-refractivity contribution in [2.75, 3.05) is 31.8 Å². The second-order valence-corrected chi connectivity index (χ2v) is 7.91. The molecule has 1 spiro atoms. The molecule has 124 valence electrons. The van der Waals surface area contributed by atoms with Crippen molar-refractivity contribution in [1.29, 1.82) is 0 Å². The molecule has 2 rings (SSSR count). The van der Waals surface area contributed by atoms with Gasteiger partial charge in [-0.3, -0.25) is 0 Å². The van der Waals surface area contributed by atoms with Gasteiger partial charge in [-0.15, -0.1) is 0 Å². The van der Waals surface area contributed by atoms with E-state index in [-0.39, 0.29) is 5.60 Å². The summed E-state index contributed by atoms with van der Waals surface area (Å²) in [7, 11) is 1.82. The Morgan fingerprint density at radius 2 is 2.10 bits per heavy atom. The van der Waals surface area contributed by atoms with Crippen LogP contribution in [0, 0.1) is 5.92 Å². The second kappa shape index (κ2) is 8.76. The fourth-order valence-corrected chi connectivity index (χ4v) is 5.04. The van der Waals surface area contributed by atoms with E-state index in [4.69, 9.17) is 9.47 Å². The van der Waals surface area contributed by atoms with Gasteiger partial charge in [0.25, 0.3) is 0 Å². The van der Waals surface area contributed by atoms with Gasteiger partial charge in [0.05, 0.1) is 11.7 Å². The van der Waals surface area contributed by atoms with Crippen molar-refractivity contribution in [2.45, 2.75) is 70.1 Å². The SMILES string of the molecule is CCNC(CCC(C)OC)C1CCOC2(CCSCC2)C1. The molecule has 21 heavy (non-hydrogen) atoms. The minimum absolute atomic E-state index is 0.203. The Bertz CT molecular complexity index is 289. The van der Waals surface area contributed by atoms with Crippen molar-refractivity contribution in [3.8, 4) is 0 Å². The van der Waals surface area contributed by atoms with Crippen LogP contribution < -0.4 is 5.32 Å². The summed E-state index contributed by atoms with van der Waals surface area (Å²) in [5.74, 6) is 3.32. The zero-order valence-corrected chi connectivity index (χ0v) is 14.8. The first-order chi connectivity index (χ1) is 10.2. The fraction of sp³-hybridized carbons (Fsp3) is 1.00. The molecule has 2 heterocycles. The molecule has 3 nitrogen and oxygen atoms in total. The Labute approximate surface area is 134 Å². The second-order valence-electron chi connectivity index (χ2n) is 6.68. The molecular weight excluding hydrogens is 282 g/mol. The first kappa shape index (κ1) is 17.6. The lowest BCUT2D eigenvalue weighted by Crippen LogP contribution is -2.48. The van der Waals surface area contributed by atoms with Crippen LogP contribution in [0.3, 0.4) is 0 Å². The van der Waals surface area contributed by atoms with Crippen molar-refractivity contribution in [3.63, 3.8) is 0 Å². The van der Waals surface area contributed by atoms with E-state index in [0.717, 1.165) is 25.5 Å². The summed E-state index contributed by atoms with van der Waals surface area (Å²) in [4.78, 5) is 0. The third-order valence-corrected chi connectivity index (χ3v) is 6.24. The molecule has 0 radical (unpaired) electrons. The third-order valence-electron chi connectivity index (χ3n) is 5.26. The van der Waals surface area contributed by atoms with Crippen molar-refractivity contribution in [1.82, 2.24) is 5.32 Å². The van der Waals surface area contributed by atoms with Crippen LogP contribution in [0.25, 0.3) is 0 Å². The number of thioether (sulfide) groups is 1. The van der Waals surface area contributed by atoms with E-state index >= 15 is 0 Å². The topological polar surface area (TPSA) is 30.5 Å². The van der Waals surface area contributed by atoms with Crippen molar-refractivity contribution in [3.05, 3.63) is 0 Å². The molecule has 0 aromatic carbocycles. The summed E-state index contributed by atoms with van der Waals surface area (Å²) in [6, 6.07) is 0.628. The number of nitrogens with one attached hydrogen (secondary N) is 1. The van der Waals surface area contributed by atoms with E-state index in [0.29, 0.717) is 12.1 Å². The third kappa shape index (κ3) is 5.12. The van der Waals surface area contributed by atoms with Crippen LogP contribution in [0.4, 0.5) is 0 Å². The monoisotopic (exact) mass is 315 g/mol. The molecule has 2 fully saturated rings. The maximum Gasteiger partial charge on any atom is 0.0701 e. The first-order valence-corrected chi connectivity index (χ1v) is 9.82. The Morgan fingerprint density at radius 1 is 1.33 bits per heavy atom. The lowest BCUT2D eigenvalue weighted by molar-refractivity contribution is -0.107. The van der Waals surface area contributed by atoms with Crippen molar-refractivity contribution in [2.24, 2.45) is 5.92 Å². The van der Waals surface area contributed by atoms with E-state index in [9.17, 15) is 0 Å². The van der Waals surface area contributed by atoms with Crippen molar-refractivity contribution >= 4 is 11.8 Å². The molecule has 0 bridgehead atoms. The van der Waals surface area contributed by atoms with Gasteiger partial charge in [0, 0.05) is 19.8 Å². The molecule has 0 saturated carbocycles. The summed E-state index contributed by atoms with van der Waals surface area (Å²) < 4.78 is 11.7. The molecule has 3 atom stereocenters. The Morgan fingerprint density at radius 3 is 2.76 bits per heavy atom. The number of hydrogen-bond donors (Lipinski definition) is 1. The van der Waals surface area contributed by atoms with E-state index in [1.165, 1.54) is 43.6 Å². The Balaban J connectivity index is 1.91. The zero-order chi connectivity index (χ0) is 15.1. The molecule has 0 aromatic heterocycles. The minimum atomic E-state index is 0.203. The molecule has 2 saturated heterocycles. The highest BCUT2D eigenvalue weighted by Crippen LogP contribution is 2.41. The van der Waals surface area contributed by atoms with Crippen LogP contribution in [-0.2, 0) is 9.47 Å². The van der Waals surface area contributed by atoms with Gasteiger partial charge < -0.3 is 14.8 Å². The summed E-state index contributed by atoms with van der Waals surface area (Å²) in [6.45, 7) is 6.41. The smallest absolute Gasteiger partial charge is 0.0701 e. The van der Waals surface area contributed by atoms with Crippen LogP contribution in [0.1, 0.15) is 52.4 Å². The lowest BCUT2D eigenvalue weighted by atomic mass is 9.77. The van der Waals surface area contributed by atoms with Crippen LogP contribution in [0.2, 0.25) is 0 Å². The van der Waals surface area contributed by atoms with Gasteiger partial charge >= 0.3 is 0 Å². The van der Waals surface area contributed by atoms with Gasteiger partial charge in [-0.25, -0.2) is 0 Å². The summed E-state index contributed by atoms with van der Waals surface area (Å²) >= 11 is 2.09. The van der Waals surface area contributed by atoms with Gasteiger partial charge in [-0.2, -0.15) is 11.8 Å². The number of hydrogen-bond acceptors (Lipinski definition) is 4. The van der Waals surface area contributed by atoms with E-state index < -0.39 is 0 Å². The van der Waals surface area contributed by atoms with Crippen LogP contribution in [0.15, 0.2) is 0 Å². The van der Waals surface area contributed by atoms with Gasteiger partial charge in [0.15, 0.2) is 0 Å². The molecule has 4 heteroatoms. The highest BCUT2D eigenvalue weighted by Gasteiger charge is 2.40. The predicted molar refractivity (Wildman–Crippen MR) is 91.1 cm³/mol. The molecular formula is C17H33NO2S. The first-order valence-electron chi connectivity index (χ1n) is 8.67. The summed E-state index contributed by atoms with van der Waals surface area (Å²) in [6.07, 6.45) is 7.71. The Hall–Kier alpha value is 0.230. The van der Waals surface area contributed by atoms with E-state index in [1.807, 2.05) is 7.11 Å². The minimum Gasteiger partial charge on any atom is -0.382 e. The molecule has 1 N–H and O–H groups in total. The van der Waals surface area contributed by atoms with Gasteiger partial charge in [0.2, 0.25) is 0 Å². The Kier molecular flexibility index (Phi) is 7.33. The van der Waals surface area contributed by atoms with Crippen LogP contribution >= 0.6 is 11.8 Å². The fourth-order valence-electron chi connectivity index (χ4n) is 3.80. The van der Waals surface area contributed by atoms with E-state index in [1.54, 1.807) is 0 Å². The molecule has 0 aliphatic carbocycles. The molecule has 0 aromatic rings. The average Bonchev–Trinajstić information content (AvgIpc) is 2.52. The van der Waals surface area contributed by atoms with Crippen LogP contribution in [0.5, 0.6) is 0 Å². The number of methoxy groups -OCH3 is 1. The molecule has 0 amide bonds. The molecule has 2 aliphatic heterocycles. The normalized spacial score (nSPS) is 28.4. The maximum absolute atomic E-state index is 6.25. The molecule has 2 aliphatic rings.